The summed E-state index contributed by atoms with van der Waals surface area (Å²) in [6.07, 6.45) is 4.21. The number of hydrazine groups is 1. The lowest BCUT2D eigenvalue weighted by Gasteiger charge is -2.03. The Kier molecular flexibility index (Phi) is 4.65. The molecule has 2 rings (SSSR count). The molecule has 0 radical (unpaired) electrons. The molecule has 0 aromatic heterocycles. The van der Waals surface area contributed by atoms with Crippen LogP contribution in [0.3, 0.4) is 0 Å². The van der Waals surface area contributed by atoms with Crippen molar-refractivity contribution in [3.63, 3.8) is 0 Å². The Morgan fingerprint density at radius 2 is 2.15 bits per heavy atom. The van der Waals surface area contributed by atoms with Gasteiger partial charge in [0.15, 0.2) is 0 Å². The largest absolute Gasteiger partial charge is 0.286 e. The molecule has 0 aliphatic carbocycles. The summed E-state index contributed by atoms with van der Waals surface area (Å²) in [5.41, 5.74) is 5.55. The highest BCUT2D eigenvalue weighted by atomic mass is 16.6. The second-order valence-electron chi connectivity index (χ2n) is 4.60. The van der Waals surface area contributed by atoms with E-state index in [4.69, 9.17) is 0 Å². The number of carbonyl (C=O) groups is 1. The molecule has 0 spiro atoms. The molecular weight excluding hydrogens is 260 g/mol. The Hall–Kier alpha value is -2.44. The first-order valence-electron chi connectivity index (χ1n) is 6.57. The van der Waals surface area contributed by atoms with Crippen LogP contribution in [-0.2, 0) is 0 Å². The monoisotopic (exact) mass is 277 g/mol. The van der Waals surface area contributed by atoms with Crippen molar-refractivity contribution < 1.29 is 14.7 Å². The molecule has 1 amide bonds. The first kappa shape index (κ1) is 14.0. The Labute approximate surface area is 116 Å². The third kappa shape index (κ3) is 3.78. The third-order valence-corrected chi connectivity index (χ3v) is 3.09. The SMILES string of the molecule is O=C(NNC1=[NH+]CCCCC1)c1cccc([N+](=O)[O-])c1. The number of hydrogen-bond acceptors (Lipinski definition) is 4. The van der Waals surface area contributed by atoms with Crippen LogP contribution in [0.4, 0.5) is 5.69 Å². The van der Waals surface area contributed by atoms with Gasteiger partial charge in [0.2, 0.25) is 0 Å². The van der Waals surface area contributed by atoms with Gasteiger partial charge in [0.05, 0.1) is 17.9 Å². The number of rotatable bonds is 2. The fourth-order valence-corrected chi connectivity index (χ4v) is 2.00. The Balaban J connectivity index is 1.96. The summed E-state index contributed by atoms with van der Waals surface area (Å²) in [4.78, 5) is 25.3. The van der Waals surface area contributed by atoms with Gasteiger partial charge in [-0.3, -0.25) is 19.9 Å². The van der Waals surface area contributed by atoms with Gasteiger partial charge in [-0.25, -0.2) is 0 Å². The van der Waals surface area contributed by atoms with Crippen LogP contribution in [0.5, 0.6) is 0 Å². The first-order chi connectivity index (χ1) is 9.66. The molecule has 0 saturated carbocycles. The molecule has 0 fully saturated rings. The zero-order chi connectivity index (χ0) is 14.4. The maximum absolute atomic E-state index is 11.9. The predicted octanol–water partition coefficient (Wildman–Crippen LogP) is -0.118. The van der Waals surface area contributed by atoms with Crippen molar-refractivity contribution in [3.8, 4) is 0 Å². The molecule has 1 aliphatic rings. The summed E-state index contributed by atoms with van der Waals surface area (Å²) in [6, 6.07) is 5.63. The molecule has 1 heterocycles. The van der Waals surface area contributed by atoms with E-state index in [0.717, 1.165) is 38.1 Å². The smallest absolute Gasteiger partial charge is 0.277 e. The van der Waals surface area contributed by atoms with E-state index in [9.17, 15) is 14.9 Å². The summed E-state index contributed by atoms with van der Waals surface area (Å²) in [6.45, 7) is 0.884. The van der Waals surface area contributed by atoms with Crippen molar-refractivity contribution in [1.29, 1.82) is 0 Å². The molecule has 1 aromatic carbocycles. The normalized spacial score (nSPS) is 14.9. The number of nitrogens with one attached hydrogen (secondary N) is 3. The second kappa shape index (κ2) is 6.65. The minimum Gasteiger partial charge on any atom is -0.277 e. The maximum Gasteiger partial charge on any atom is 0.286 e. The molecule has 1 aliphatic heterocycles. The Morgan fingerprint density at radius 3 is 2.95 bits per heavy atom. The lowest BCUT2D eigenvalue weighted by molar-refractivity contribution is -0.460. The van der Waals surface area contributed by atoms with Crippen molar-refractivity contribution in [2.24, 2.45) is 0 Å². The van der Waals surface area contributed by atoms with Gasteiger partial charge in [-0.2, -0.15) is 10.9 Å². The highest BCUT2D eigenvalue weighted by molar-refractivity contribution is 5.95. The van der Waals surface area contributed by atoms with Gasteiger partial charge >= 0.3 is 0 Å². The molecule has 3 N–H and O–H groups in total. The fourth-order valence-electron chi connectivity index (χ4n) is 2.00. The van der Waals surface area contributed by atoms with Crippen molar-refractivity contribution in [3.05, 3.63) is 39.9 Å². The standard InChI is InChI=1S/C13H16N4O3/c18-13(10-5-4-6-11(9-10)17(19)20)16-15-12-7-2-1-3-8-14-12/h4-6,9H,1-3,7-8H2,(H,14,15)(H,16,18)/p+1. The number of nitro groups is 1. The molecule has 0 bridgehead atoms. The van der Waals surface area contributed by atoms with Crippen LogP contribution in [0.25, 0.3) is 0 Å². The van der Waals surface area contributed by atoms with Crippen LogP contribution in [0.15, 0.2) is 24.3 Å². The van der Waals surface area contributed by atoms with Crippen LogP contribution < -0.4 is 15.8 Å². The molecule has 7 heteroatoms. The molecule has 0 atom stereocenters. The van der Waals surface area contributed by atoms with Gasteiger partial charge in [-0.1, -0.05) is 6.07 Å². The molecule has 1 aromatic rings. The zero-order valence-corrected chi connectivity index (χ0v) is 11.0. The number of non-ortho nitro benzene ring substituents is 1. The van der Waals surface area contributed by atoms with Crippen LogP contribution in [0.1, 0.15) is 36.0 Å². The zero-order valence-electron chi connectivity index (χ0n) is 11.0. The number of amides is 1. The highest BCUT2D eigenvalue weighted by Crippen LogP contribution is 2.12. The van der Waals surface area contributed by atoms with Crippen molar-refractivity contribution in [1.82, 2.24) is 10.9 Å². The predicted molar refractivity (Wildman–Crippen MR) is 73.0 cm³/mol. The van der Waals surface area contributed by atoms with E-state index in [1.807, 2.05) is 0 Å². The molecule has 106 valence electrons. The molecule has 0 saturated heterocycles. The van der Waals surface area contributed by atoms with Gasteiger partial charge < -0.3 is 0 Å². The number of amidine groups is 1. The topological polar surface area (TPSA) is 98.2 Å². The summed E-state index contributed by atoms with van der Waals surface area (Å²) in [5.74, 6) is 0.480. The summed E-state index contributed by atoms with van der Waals surface area (Å²) < 4.78 is 0. The van der Waals surface area contributed by atoms with E-state index in [1.54, 1.807) is 0 Å². The number of nitrogens with zero attached hydrogens (tertiary/aromatic N) is 1. The van der Waals surface area contributed by atoms with E-state index in [-0.39, 0.29) is 11.3 Å². The third-order valence-electron chi connectivity index (χ3n) is 3.09. The van der Waals surface area contributed by atoms with Crippen molar-refractivity contribution in [2.45, 2.75) is 25.7 Å². The summed E-state index contributed by atoms with van der Waals surface area (Å²) in [7, 11) is 0. The number of benzene rings is 1. The lowest BCUT2D eigenvalue weighted by atomic mass is 10.2. The average molecular weight is 277 g/mol. The molecule has 20 heavy (non-hydrogen) atoms. The molecule has 7 nitrogen and oxygen atoms in total. The van der Waals surface area contributed by atoms with E-state index in [0.29, 0.717) is 0 Å². The average Bonchev–Trinajstić information content (AvgIpc) is 2.73. The van der Waals surface area contributed by atoms with Gasteiger partial charge in [0.1, 0.15) is 0 Å². The van der Waals surface area contributed by atoms with Crippen molar-refractivity contribution >= 4 is 17.4 Å². The number of hydrogen-bond donors (Lipinski definition) is 3. The minimum absolute atomic E-state index is 0.0992. The second-order valence-corrected chi connectivity index (χ2v) is 4.60. The maximum atomic E-state index is 11.9. The fraction of sp³-hybridized carbons (Fsp3) is 0.385. The van der Waals surface area contributed by atoms with Crippen molar-refractivity contribution in [2.75, 3.05) is 6.54 Å². The summed E-state index contributed by atoms with van der Waals surface area (Å²) in [5, 5.41) is 10.7. The van der Waals surface area contributed by atoms with Crippen LogP contribution in [0.2, 0.25) is 0 Å². The summed E-state index contributed by atoms with van der Waals surface area (Å²) >= 11 is 0. The number of nitro benzene ring substituents is 1. The first-order valence-corrected chi connectivity index (χ1v) is 6.57. The lowest BCUT2D eigenvalue weighted by Crippen LogP contribution is -2.76. The van der Waals surface area contributed by atoms with Crippen LogP contribution >= 0.6 is 0 Å². The van der Waals surface area contributed by atoms with E-state index >= 15 is 0 Å². The Morgan fingerprint density at radius 1 is 1.30 bits per heavy atom. The van der Waals surface area contributed by atoms with E-state index in [2.05, 4.69) is 15.8 Å². The molecule has 0 unspecified atom stereocenters. The van der Waals surface area contributed by atoms with Gasteiger partial charge in [-0.15, -0.1) is 0 Å². The van der Waals surface area contributed by atoms with Gasteiger partial charge in [0.25, 0.3) is 17.4 Å². The highest BCUT2D eigenvalue weighted by Gasteiger charge is 2.15. The number of carbonyl (C=O) groups excluding carboxylic acids is 1. The quantitative estimate of drug-likeness (QED) is 0.518. The van der Waals surface area contributed by atoms with E-state index in [1.165, 1.54) is 24.3 Å². The Bertz CT molecular complexity index is 542. The van der Waals surface area contributed by atoms with Gasteiger partial charge in [-0.05, 0) is 25.3 Å². The van der Waals surface area contributed by atoms with Crippen LogP contribution in [0, 0.1) is 10.1 Å². The van der Waals surface area contributed by atoms with Crippen LogP contribution in [-0.4, -0.2) is 23.2 Å². The minimum atomic E-state index is -0.522. The van der Waals surface area contributed by atoms with Gasteiger partial charge in [0, 0.05) is 17.7 Å². The van der Waals surface area contributed by atoms with E-state index < -0.39 is 10.8 Å². The molecular formula is C13H17N4O3+.